The molecule has 2 aliphatic carbocycles. The fourth-order valence-corrected chi connectivity index (χ4v) is 4.54. The highest BCUT2D eigenvalue weighted by molar-refractivity contribution is 5.08. The average Bonchev–Trinajstić information content (AvgIpc) is 2.12. The molecule has 0 aromatic heterocycles. The third kappa shape index (κ3) is 2.08. The van der Waals surface area contributed by atoms with Gasteiger partial charge in [-0.2, -0.15) is 0 Å². The molecule has 0 N–H and O–H groups in total. The Morgan fingerprint density at radius 3 is 2.31 bits per heavy atom. The Labute approximate surface area is 102 Å². The van der Waals surface area contributed by atoms with Gasteiger partial charge in [-0.3, -0.25) is 0 Å². The lowest BCUT2D eigenvalue weighted by atomic mass is 9.41. The summed E-state index contributed by atoms with van der Waals surface area (Å²) >= 11 is 0. The first-order valence-corrected chi connectivity index (χ1v) is 7.20. The molecule has 0 bridgehead atoms. The Balaban J connectivity index is 1.98. The molecular weight excluding hydrogens is 192 g/mol. The summed E-state index contributed by atoms with van der Waals surface area (Å²) in [6.07, 6.45) is 12.1. The van der Waals surface area contributed by atoms with E-state index in [0.29, 0.717) is 0 Å². The summed E-state index contributed by atoms with van der Waals surface area (Å²) < 4.78 is 0. The van der Waals surface area contributed by atoms with Gasteiger partial charge in [0.2, 0.25) is 0 Å². The topological polar surface area (TPSA) is 0 Å². The summed E-state index contributed by atoms with van der Waals surface area (Å²) in [6.45, 7) is 9.34. The van der Waals surface area contributed by atoms with Crippen molar-refractivity contribution < 1.29 is 0 Å². The first-order chi connectivity index (χ1) is 7.57. The van der Waals surface area contributed by atoms with E-state index in [9.17, 15) is 0 Å². The number of hydrogen-bond donors (Lipinski definition) is 0. The lowest BCUT2D eigenvalue weighted by Crippen LogP contribution is -2.55. The highest BCUT2D eigenvalue weighted by atomic mass is 14.6. The minimum atomic E-state index is 0.732. The van der Waals surface area contributed by atoms with E-state index in [1.807, 2.05) is 0 Å². The van der Waals surface area contributed by atoms with Crippen LogP contribution in [-0.2, 0) is 0 Å². The van der Waals surface area contributed by atoms with E-state index in [0.717, 1.165) is 29.1 Å². The van der Waals surface area contributed by atoms with Gasteiger partial charge in [-0.15, -0.1) is 0 Å². The Morgan fingerprint density at radius 1 is 1.19 bits per heavy atom. The summed E-state index contributed by atoms with van der Waals surface area (Å²) in [4.78, 5) is 0. The minimum absolute atomic E-state index is 0.732. The van der Waals surface area contributed by atoms with Crippen LogP contribution < -0.4 is 0 Å². The lowest BCUT2D eigenvalue weighted by molar-refractivity contribution is -0.137. The van der Waals surface area contributed by atoms with Crippen molar-refractivity contribution in [3.8, 4) is 0 Å². The molecule has 0 spiro atoms. The number of fused-ring (bicyclic) bond motifs is 1. The maximum absolute atomic E-state index is 2.40. The molecule has 2 rings (SSSR count). The number of hydrogen-bond acceptors (Lipinski definition) is 0. The van der Waals surface area contributed by atoms with E-state index < -0.39 is 0 Å². The Hall–Kier alpha value is -0.260. The van der Waals surface area contributed by atoms with Crippen LogP contribution >= 0.6 is 0 Å². The van der Waals surface area contributed by atoms with Crippen LogP contribution in [0.5, 0.6) is 0 Å². The van der Waals surface area contributed by atoms with Crippen LogP contribution in [0.3, 0.4) is 0 Å². The summed E-state index contributed by atoms with van der Waals surface area (Å²) in [5.74, 6) is 3.88. The smallest absolute Gasteiger partial charge is 0.0256 e. The van der Waals surface area contributed by atoms with Crippen LogP contribution in [0.1, 0.15) is 59.8 Å². The molecule has 0 heterocycles. The van der Waals surface area contributed by atoms with Crippen LogP contribution in [0.2, 0.25) is 0 Å². The molecule has 16 heavy (non-hydrogen) atoms. The normalized spacial score (nSPS) is 39.3. The molecule has 0 nitrogen and oxygen atoms in total. The molecule has 2 fully saturated rings. The lowest BCUT2D eigenvalue weighted by Gasteiger charge is -2.64. The Bertz CT molecular complexity index is 263. The molecule has 0 aromatic carbocycles. The zero-order chi connectivity index (χ0) is 11.8. The van der Waals surface area contributed by atoms with Crippen molar-refractivity contribution in [1.29, 1.82) is 0 Å². The highest BCUT2D eigenvalue weighted by Gasteiger charge is 2.57. The number of rotatable bonds is 5. The van der Waals surface area contributed by atoms with Crippen LogP contribution in [0.4, 0.5) is 0 Å². The predicted molar refractivity (Wildman–Crippen MR) is 71.3 cm³/mol. The van der Waals surface area contributed by atoms with Crippen LogP contribution in [-0.4, -0.2) is 0 Å². The molecule has 92 valence electrons. The van der Waals surface area contributed by atoms with Crippen molar-refractivity contribution in [1.82, 2.24) is 0 Å². The quantitative estimate of drug-likeness (QED) is 0.569. The fourth-order valence-electron chi connectivity index (χ4n) is 4.54. The molecular formula is C16H28. The predicted octanol–water partition coefficient (Wildman–Crippen LogP) is 5.05. The van der Waals surface area contributed by atoms with E-state index in [-0.39, 0.29) is 0 Å². The summed E-state index contributed by atoms with van der Waals surface area (Å²) in [6, 6.07) is 0. The molecule has 0 aromatic rings. The Morgan fingerprint density at radius 2 is 1.94 bits per heavy atom. The van der Waals surface area contributed by atoms with Gasteiger partial charge >= 0.3 is 0 Å². The first kappa shape index (κ1) is 12.2. The summed E-state index contributed by atoms with van der Waals surface area (Å²) in [5.41, 5.74) is 0.732. The van der Waals surface area contributed by atoms with Crippen LogP contribution in [0.25, 0.3) is 0 Å². The molecule has 0 aliphatic heterocycles. The van der Waals surface area contributed by atoms with E-state index >= 15 is 0 Å². The van der Waals surface area contributed by atoms with Crippen molar-refractivity contribution in [3.05, 3.63) is 12.2 Å². The van der Waals surface area contributed by atoms with Gasteiger partial charge < -0.3 is 0 Å². The minimum Gasteiger partial charge on any atom is -0.0914 e. The van der Waals surface area contributed by atoms with Gasteiger partial charge in [0.05, 0.1) is 0 Å². The van der Waals surface area contributed by atoms with E-state index in [1.165, 1.54) is 32.1 Å². The van der Waals surface area contributed by atoms with Crippen molar-refractivity contribution in [2.45, 2.75) is 59.8 Å². The molecule has 0 heteroatoms. The molecule has 0 amide bonds. The van der Waals surface area contributed by atoms with Gasteiger partial charge in [-0.1, -0.05) is 32.9 Å². The average molecular weight is 220 g/mol. The second kappa shape index (κ2) is 4.55. The second-order valence-electron chi connectivity index (χ2n) is 6.82. The molecule has 2 saturated carbocycles. The summed E-state index contributed by atoms with van der Waals surface area (Å²) in [7, 11) is 0. The largest absolute Gasteiger partial charge is 0.0914 e. The van der Waals surface area contributed by atoms with Gasteiger partial charge in [-0.05, 0) is 68.1 Å². The number of allylic oxidation sites excluding steroid dienone is 2. The van der Waals surface area contributed by atoms with E-state index in [1.54, 1.807) is 0 Å². The summed E-state index contributed by atoms with van der Waals surface area (Å²) in [5, 5.41) is 0. The second-order valence-corrected chi connectivity index (χ2v) is 6.82. The molecule has 4 atom stereocenters. The van der Waals surface area contributed by atoms with Gasteiger partial charge in [-0.25, -0.2) is 0 Å². The SMILES string of the molecule is CC=CC(C)CC1(CC(C)C)CC2CCC21. The fraction of sp³-hybridized carbons (Fsp3) is 0.875. The van der Waals surface area contributed by atoms with Gasteiger partial charge in [0, 0.05) is 0 Å². The van der Waals surface area contributed by atoms with Crippen LogP contribution in [0, 0.1) is 29.1 Å². The zero-order valence-corrected chi connectivity index (χ0v) is 11.5. The van der Waals surface area contributed by atoms with Gasteiger partial charge in [0.25, 0.3) is 0 Å². The molecule has 4 unspecified atom stereocenters. The third-order valence-electron chi connectivity index (χ3n) is 4.94. The van der Waals surface area contributed by atoms with E-state index in [2.05, 4.69) is 39.8 Å². The Kier molecular flexibility index (Phi) is 3.47. The van der Waals surface area contributed by atoms with E-state index in [4.69, 9.17) is 0 Å². The maximum Gasteiger partial charge on any atom is -0.0256 e. The van der Waals surface area contributed by atoms with Crippen molar-refractivity contribution in [2.75, 3.05) is 0 Å². The van der Waals surface area contributed by atoms with Gasteiger partial charge in [0.15, 0.2) is 0 Å². The monoisotopic (exact) mass is 220 g/mol. The molecule has 0 radical (unpaired) electrons. The first-order valence-electron chi connectivity index (χ1n) is 7.20. The highest BCUT2D eigenvalue weighted by Crippen LogP contribution is 2.66. The zero-order valence-electron chi connectivity index (χ0n) is 11.5. The van der Waals surface area contributed by atoms with Crippen molar-refractivity contribution in [3.63, 3.8) is 0 Å². The van der Waals surface area contributed by atoms with Gasteiger partial charge in [0.1, 0.15) is 0 Å². The van der Waals surface area contributed by atoms with Crippen molar-refractivity contribution >= 4 is 0 Å². The van der Waals surface area contributed by atoms with Crippen LogP contribution in [0.15, 0.2) is 12.2 Å². The molecule has 0 saturated heterocycles. The van der Waals surface area contributed by atoms with Crippen molar-refractivity contribution in [2.24, 2.45) is 29.1 Å². The molecule has 2 aliphatic rings. The third-order valence-corrected chi connectivity index (χ3v) is 4.94. The standard InChI is InChI=1S/C16H28/c1-5-6-13(4)10-16(9-12(2)3)11-14-7-8-15(14)16/h5-6,12-15H,7-11H2,1-4H3. The maximum atomic E-state index is 2.40.